The summed E-state index contributed by atoms with van der Waals surface area (Å²) in [5.41, 5.74) is 0.406. The van der Waals surface area contributed by atoms with Crippen LogP contribution >= 0.6 is 0 Å². The normalized spacial score (nSPS) is 14.8. The van der Waals surface area contributed by atoms with Crippen molar-refractivity contribution in [1.29, 1.82) is 0 Å². The average Bonchev–Trinajstić information content (AvgIpc) is 2.78. The minimum atomic E-state index is -4.43. The Balaban J connectivity index is 1.48. The highest BCUT2D eigenvalue weighted by Crippen LogP contribution is 2.29. The van der Waals surface area contributed by atoms with Gasteiger partial charge in [-0.05, 0) is 42.0 Å². The van der Waals surface area contributed by atoms with Gasteiger partial charge in [0.1, 0.15) is 5.75 Å². The summed E-state index contributed by atoms with van der Waals surface area (Å²) in [6, 6.07) is 11.8. The molecule has 2 aromatic carbocycles. The molecule has 3 rings (SSSR count). The lowest BCUT2D eigenvalue weighted by Gasteiger charge is -2.35. The Morgan fingerprint density at radius 2 is 1.69 bits per heavy atom. The average molecular weight is 449 g/mol. The molecule has 6 nitrogen and oxygen atoms in total. The monoisotopic (exact) mass is 449 g/mol. The lowest BCUT2D eigenvalue weighted by Crippen LogP contribution is -2.51. The van der Waals surface area contributed by atoms with E-state index in [1.54, 1.807) is 24.0 Å². The predicted molar refractivity (Wildman–Crippen MR) is 113 cm³/mol. The topological polar surface area (TPSA) is 53.1 Å². The number of halogens is 3. The fourth-order valence-electron chi connectivity index (χ4n) is 3.54. The molecular weight excluding hydrogens is 423 g/mol. The summed E-state index contributed by atoms with van der Waals surface area (Å²) in [7, 11) is 3.34. The molecule has 0 saturated carbocycles. The molecule has 1 fully saturated rings. The van der Waals surface area contributed by atoms with Crippen molar-refractivity contribution in [2.45, 2.75) is 12.7 Å². The van der Waals surface area contributed by atoms with Crippen molar-refractivity contribution in [1.82, 2.24) is 14.7 Å². The number of ether oxygens (including phenoxy) is 1. The molecule has 2 aromatic rings. The van der Waals surface area contributed by atoms with Crippen LogP contribution in [0.3, 0.4) is 0 Å². The van der Waals surface area contributed by atoms with Gasteiger partial charge in [-0.25, -0.2) is 0 Å². The quantitative estimate of drug-likeness (QED) is 0.680. The first-order valence-electron chi connectivity index (χ1n) is 10.2. The Morgan fingerprint density at radius 3 is 2.28 bits per heavy atom. The number of amides is 2. The number of methoxy groups -OCH3 is 1. The van der Waals surface area contributed by atoms with Gasteiger partial charge in [-0.15, -0.1) is 0 Å². The van der Waals surface area contributed by atoms with Crippen molar-refractivity contribution in [2.75, 3.05) is 46.9 Å². The van der Waals surface area contributed by atoms with E-state index in [9.17, 15) is 22.8 Å². The summed E-state index contributed by atoms with van der Waals surface area (Å²) in [4.78, 5) is 30.4. The van der Waals surface area contributed by atoms with Crippen LogP contribution in [0.4, 0.5) is 13.2 Å². The molecular formula is C23H26F3N3O3. The summed E-state index contributed by atoms with van der Waals surface area (Å²) in [5, 5.41) is 0. The van der Waals surface area contributed by atoms with Crippen molar-refractivity contribution in [3.05, 3.63) is 65.2 Å². The lowest BCUT2D eigenvalue weighted by atomic mass is 10.1. The van der Waals surface area contributed by atoms with Crippen LogP contribution in [0.15, 0.2) is 48.5 Å². The Kier molecular flexibility index (Phi) is 7.40. The number of hydrogen-bond donors (Lipinski definition) is 0. The van der Waals surface area contributed by atoms with E-state index < -0.39 is 11.7 Å². The first-order chi connectivity index (χ1) is 15.2. The van der Waals surface area contributed by atoms with Crippen molar-refractivity contribution >= 4 is 11.8 Å². The van der Waals surface area contributed by atoms with Crippen LogP contribution in [0.2, 0.25) is 0 Å². The van der Waals surface area contributed by atoms with Gasteiger partial charge in [0.15, 0.2) is 0 Å². The maximum absolute atomic E-state index is 12.7. The number of carbonyl (C=O) groups excluding carboxylic acids is 2. The second-order valence-corrected chi connectivity index (χ2v) is 7.74. The molecule has 0 N–H and O–H groups in total. The second-order valence-electron chi connectivity index (χ2n) is 7.74. The summed E-state index contributed by atoms with van der Waals surface area (Å²) in [5.74, 6) is 0.396. The molecule has 0 radical (unpaired) electrons. The standard InChI is InChI=1S/C23H26F3N3O3/c1-27(15-17-4-3-5-20(14-17)32-2)21(30)16-28-10-12-29(13-11-28)22(31)18-6-8-19(9-7-18)23(24,25)26/h3-9,14H,10-13,15-16H2,1-2H3. The highest BCUT2D eigenvalue weighted by Gasteiger charge is 2.31. The van der Waals surface area contributed by atoms with E-state index in [4.69, 9.17) is 4.74 Å². The van der Waals surface area contributed by atoms with Gasteiger partial charge in [0.25, 0.3) is 5.91 Å². The van der Waals surface area contributed by atoms with E-state index in [-0.39, 0.29) is 23.9 Å². The molecule has 2 amide bonds. The van der Waals surface area contributed by atoms with E-state index in [1.165, 1.54) is 12.1 Å². The summed E-state index contributed by atoms with van der Waals surface area (Å²) < 4.78 is 43.3. The molecule has 0 spiro atoms. The molecule has 1 heterocycles. The second kappa shape index (κ2) is 10.0. The van der Waals surface area contributed by atoms with Gasteiger partial charge in [0.05, 0.1) is 19.2 Å². The van der Waals surface area contributed by atoms with Gasteiger partial charge in [0, 0.05) is 45.3 Å². The van der Waals surface area contributed by atoms with Crippen LogP contribution in [0.5, 0.6) is 5.75 Å². The molecule has 32 heavy (non-hydrogen) atoms. The van der Waals surface area contributed by atoms with Gasteiger partial charge in [-0.3, -0.25) is 14.5 Å². The van der Waals surface area contributed by atoms with Gasteiger partial charge >= 0.3 is 6.18 Å². The SMILES string of the molecule is COc1cccc(CN(C)C(=O)CN2CCN(C(=O)c3ccc(C(F)(F)F)cc3)CC2)c1. The van der Waals surface area contributed by atoms with E-state index in [0.29, 0.717) is 32.7 Å². The number of carbonyl (C=O) groups is 2. The molecule has 172 valence electrons. The van der Waals surface area contributed by atoms with E-state index >= 15 is 0 Å². The van der Waals surface area contributed by atoms with E-state index in [1.807, 2.05) is 29.2 Å². The van der Waals surface area contributed by atoms with Crippen LogP contribution in [-0.2, 0) is 17.5 Å². The fraction of sp³-hybridized carbons (Fsp3) is 0.391. The number of likely N-dealkylation sites (N-methyl/N-ethyl adjacent to an activating group) is 1. The van der Waals surface area contributed by atoms with Crippen LogP contribution < -0.4 is 4.74 Å². The molecule has 9 heteroatoms. The number of benzene rings is 2. The zero-order chi connectivity index (χ0) is 23.3. The number of piperazine rings is 1. The van der Waals surface area contributed by atoms with Gasteiger partial charge in [0.2, 0.25) is 5.91 Å². The number of alkyl halides is 3. The molecule has 0 aliphatic carbocycles. The number of rotatable bonds is 6. The predicted octanol–water partition coefficient (Wildman–Crippen LogP) is 3.13. The van der Waals surface area contributed by atoms with Gasteiger partial charge in [-0.2, -0.15) is 13.2 Å². The summed E-state index contributed by atoms with van der Waals surface area (Å²) in [6.07, 6.45) is -4.43. The van der Waals surface area contributed by atoms with Gasteiger partial charge < -0.3 is 14.5 Å². The fourth-order valence-corrected chi connectivity index (χ4v) is 3.54. The van der Waals surface area contributed by atoms with Crippen molar-refractivity contribution < 1.29 is 27.5 Å². The highest BCUT2D eigenvalue weighted by atomic mass is 19.4. The Bertz CT molecular complexity index is 939. The van der Waals surface area contributed by atoms with Crippen LogP contribution in [0.1, 0.15) is 21.5 Å². The highest BCUT2D eigenvalue weighted by molar-refractivity contribution is 5.94. The third kappa shape index (κ3) is 6.00. The third-order valence-electron chi connectivity index (χ3n) is 5.46. The zero-order valence-electron chi connectivity index (χ0n) is 18.1. The minimum absolute atomic E-state index is 0.0321. The number of nitrogens with zero attached hydrogens (tertiary/aromatic N) is 3. The molecule has 1 aliphatic heterocycles. The first-order valence-corrected chi connectivity index (χ1v) is 10.2. The van der Waals surface area contributed by atoms with Crippen molar-refractivity contribution in [3.8, 4) is 5.75 Å². The molecule has 0 atom stereocenters. The smallest absolute Gasteiger partial charge is 0.416 e. The van der Waals surface area contributed by atoms with Crippen LogP contribution in [0, 0.1) is 0 Å². The molecule has 0 unspecified atom stereocenters. The van der Waals surface area contributed by atoms with Crippen molar-refractivity contribution in [3.63, 3.8) is 0 Å². The minimum Gasteiger partial charge on any atom is -0.497 e. The molecule has 1 saturated heterocycles. The summed E-state index contributed by atoms with van der Waals surface area (Å²) in [6.45, 7) is 2.56. The zero-order valence-corrected chi connectivity index (χ0v) is 18.1. The summed E-state index contributed by atoms with van der Waals surface area (Å²) >= 11 is 0. The first kappa shape index (κ1) is 23.6. The maximum Gasteiger partial charge on any atom is 0.416 e. The molecule has 0 aromatic heterocycles. The van der Waals surface area contributed by atoms with Crippen LogP contribution in [0.25, 0.3) is 0 Å². The Labute approximate surface area is 185 Å². The van der Waals surface area contributed by atoms with Gasteiger partial charge in [-0.1, -0.05) is 12.1 Å². The molecule has 0 bridgehead atoms. The molecule has 1 aliphatic rings. The van der Waals surface area contributed by atoms with Crippen LogP contribution in [-0.4, -0.2) is 73.4 Å². The maximum atomic E-state index is 12.7. The lowest BCUT2D eigenvalue weighted by molar-refractivity contribution is -0.137. The van der Waals surface area contributed by atoms with E-state index in [0.717, 1.165) is 23.4 Å². The largest absolute Gasteiger partial charge is 0.497 e. The van der Waals surface area contributed by atoms with E-state index in [2.05, 4.69) is 0 Å². The Morgan fingerprint density at radius 1 is 1.03 bits per heavy atom. The van der Waals surface area contributed by atoms with Crippen molar-refractivity contribution in [2.24, 2.45) is 0 Å². The Hall–Kier alpha value is -3.07. The number of hydrogen-bond acceptors (Lipinski definition) is 4. The third-order valence-corrected chi connectivity index (χ3v) is 5.46.